The van der Waals surface area contributed by atoms with Gasteiger partial charge in [0.2, 0.25) is 5.91 Å². The van der Waals surface area contributed by atoms with Crippen LogP contribution in [0, 0.1) is 0 Å². The number of carbonyl (C=O) groups is 1. The van der Waals surface area contributed by atoms with Gasteiger partial charge < -0.3 is 9.32 Å². The van der Waals surface area contributed by atoms with Crippen LogP contribution in [0.4, 0.5) is 0 Å². The summed E-state index contributed by atoms with van der Waals surface area (Å²) in [4.78, 5) is 19.0. The third-order valence-electron chi connectivity index (χ3n) is 4.10. The average molecular weight is 324 g/mol. The highest BCUT2D eigenvalue weighted by Crippen LogP contribution is 2.25. The summed E-state index contributed by atoms with van der Waals surface area (Å²) in [6.45, 7) is 1.48. The molecule has 2 aromatic heterocycles. The van der Waals surface area contributed by atoms with Crippen LogP contribution >= 0.6 is 11.3 Å². The number of amides is 1. The van der Waals surface area contributed by atoms with Crippen LogP contribution in [0.3, 0.4) is 0 Å². The first-order chi connectivity index (χ1) is 11.3. The van der Waals surface area contributed by atoms with Crippen LogP contribution in [-0.2, 0) is 24.2 Å². The molecule has 0 saturated heterocycles. The predicted octanol–water partition coefficient (Wildman–Crippen LogP) is 3.53. The number of aromatic nitrogens is 1. The van der Waals surface area contributed by atoms with Gasteiger partial charge in [-0.2, -0.15) is 0 Å². The zero-order valence-electron chi connectivity index (χ0n) is 12.6. The molecule has 1 amide bonds. The van der Waals surface area contributed by atoms with Crippen molar-refractivity contribution in [1.82, 2.24) is 9.88 Å². The molecule has 1 aliphatic heterocycles. The molecule has 0 unspecified atom stereocenters. The number of rotatable bonds is 3. The normalized spacial score (nSPS) is 13.8. The second-order valence-corrected chi connectivity index (χ2v) is 6.49. The number of benzene rings is 1. The quantitative estimate of drug-likeness (QED) is 0.740. The molecule has 0 aliphatic carbocycles. The van der Waals surface area contributed by atoms with Crippen molar-refractivity contribution in [2.45, 2.75) is 19.4 Å². The third kappa shape index (κ3) is 2.92. The second-order valence-electron chi connectivity index (χ2n) is 5.63. The minimum absolute atomic E-state index is 0.135. The Bertz CT molecular complexity index is 823. The summed E-state index contributed by atoms with van der Waals surface area (Å²) < 4.78 is 5.35. The minimum Gasteiger partial charge on any atom is -0.462 e. The van der Waals surface area contributed by atoms with E-state index in [2.05, 4.69) is 23.2 Å². The van der Waals surface area contributed by atoms with E-state index in [1.807, 2.05) is 28.5 Å². The van der Waals surface area contributed by atoms with Crippen LogP contribution in [0.2, 0.25) is 0 Å². The largest absolute Gasteiger partial charge is 0.462 e. The van der Waals surface area contributed by atoms with Crippen LogP contribution in [0.25, 0.3) is 10.8 Å². The van der Waals surface area contributed by atoms with Crippen LogP contribution in [0.1, 0.15) is 16.8 Å². The maximum Gasteiger partial charge on any atom is 0.228 e. The molecule has 4 nitrogen and oxygen atoms in total. The van der Waals surface area contributed by atoms with E-state index in [9.17, 15) is 4.79 Å². The van der Waals surface area contributed by atoms with Gasteiger partial charge >= 0.3 is 0 Å². The Labute approximate surface area is 138 Å². The fourth-order valence-electron chi connectivity index (χ4n) is 2.88. The van der Waals surface area contributed by atoms with E-state index in [1.165, 1.54) is 22.5 Å². The van der Waals surface area contributed by atoms with E-state index in [0.29, 0.717) is 13.0 Å². The number of carbonyl (C=O) groups excluding carboxylic acids is 1. The van der Waals surface area contributed by atoms with Crippen LogP contribution in [0.15, 0.2) is 52.5 Å². The topological polar surface area (TPSA) is 46.3 Å². The van der Waals surface area contributed by atoms with Crippen molar-refractivity contribution in [1.29, 1.82) is 0 Å². The Hall–Kier alpha value is -2.40. The maximum absolute atomic E-state index is 12.5. The van der Waals surface area contributed by atoms with E-state index in [4.69, 9.17) is 4.42 Å². The lowest BCUT2D eigenvalue weighted by atomic mass is 10.00. The molecule has 23 heavy (non-hydrogen) atoms. The number of nitrogens with zero attached hydrogens (tertiary/aromatic N) is 2. The van der Waals surface area contributed by atoms with Crippen molar-refractivity contribution in [3.8, 4) is 10.8 Å². The van der Waals surface area contributed by atoms with Gasteiger partial charge in [0.15, 0.2) is 10.8 Å². The molecule has 0 N–H and O–H groups in total. The molecule has 0 fully saturated rings. The summed E-state index contributed by atoms with van der Waals surface area (Å²) in [6, 6.07) is 12.1. The van der Waals surface area contributed by atoms with Gasteiger partial charge in [-0.3, -0.25) is 4.79 Å². The number of fused-ring (bicyclic) bond motifs is 1. The van der Waals surface area contributed by atoms with Crippen molar-refractivity contribution in [3.63, 3.8) is 0 Å². The van der Waals surface area contributed by atoms with Gasteiger partial charge in [-0.15, -0.1) is 11.3 Å². The third-order valence-corrected chi connectivity index (χ3v) is 5.01. The molecule has 3 heterocycles. The fourth-order valence-corrected chi connectivity index (χ4v) is 3.66. The number of hydrogen-bond donors (Lipinski definition) is 0. The van der Waals surface area contributed by atoms with Gasteiger partial charge in [-0.25, -0.2) is 4.98 Å². The number of thiazole rings is 1. The van der Waals surface area contributed by atoms with Gasteiger partial charge in [0.1, 0.15) is 0 Å². The summed E-state index contributed by atoms with van der Waals surface area (Å²) in [6.07, 6.45) is 2.91. The van der Waals surface area contributed by atoms with E-state index in [0.717, 1.165) is 29.4 Å². The molecule has 0 saturated carbocycles. The van der Waals surface area contributed by atoms with Crippen molar-refractivity contribution < 1.29 is 9.21 Å². The Balaban J connectivity index is 1.45. The average Bonchev–Trinajstić information content (AvgIpc) is 3.25. The SMILES string of the molecule is O=C(Cc1csc(-c2ccco2)n1)N1CCc2ccccc2C1. The first kappa shape index (κ1) is 14.2. The molecular weight excluding hydrogens is 308 g/mol. The molecule has 5 heteroatoms. The molecule has 3 aromatic rings. The van der Waals surface area contributed by atoms with Gasteiger partial charge in [0.25, 0.3) is 0 Å². The van der Waals surface area contributed by atoms with Crippen LogP contribution in [0.5, 0.6) is 0 Å². The molecule has 1 aliphatic rings. The van der Waals surface area contributed by atoms with Crippen molar-refractivity contribution in [2.24, 2.45) is 0 Å². The van der Waals surface area contributed by atoms with Gasteiger partial charge in [0.05, 0.1) is 18.4 Å². The summed E-state index contributed by atoms with van der Waals surface area (Å²) in [5.74, 6) is 0.886. The highest BCUT2D eigenvalue weighted by molar-refractivity contribution is 7.13. The molecule has 0 bridgehead atoms. The standard InChI is InChI=1S/C18H16N2O2S/c21-17(20-8-7-13-4-1-2-5-14(13)11-20)10-15-12-23-18(19-15)16-6-3-9-22-16/h1-6,9,12H,7-8,10-11H2. The summed E-state index contributed by atoms with van der Waals surface area (Å²) in [5.41, 5.74) is 3.41. The van der Waals surface area contributed by atoms with E-state index in [1.54, 1.807) is 6.26 Å². The minimum atomic E-state index is 0.135. The Morgan fingerprint density at radius 1 is 1.22 bits per heavy atom. The summed E-state index contributed by atoms with van der Waals surface area (Å²) in [7, 11) is 0. The van der Waals surface area contributed by atoms with Crippen molar-refractivity contribution in [2.75, 3.05) is 6.54 Å². The van der Waals surface area contributed by atoms with E-state index < -0.39 is 0 Å². The fraction of sp³-hybridized carbons (Fsp3) is 0.222. The summed E-state index contributed by atoms with van der Waals surface area (Å²) in [5, 5.41) is 2.76. The first-order valence-corrected chi connectivity index (χ1v) is 8.50. The molecule has 0 atom stereocenters. The number of hydrogen-bond acceptors (Lipinski definition) is 4. The Morgan fingerprint density at radius 3 is 2.91 bits per heavy atom. The van der Waals surface area contributed by atoms with Crippen molar-refractivity contribution >= 4 is 17.2 Å². The van der Waals surface area contributed by atoms with Gasteiger partial charge in [0, 0.05) is 18.5 Å². The summed E-state index contributed by atoms with van der Waals surface area (Å²) >= 11 is 1.51. The zero-order chi connectivity index (χ0) is 15.6. The Kier molecular flexibility index (Phi) is 3.71. The van der Waals surface area contributed by atoms with Crippen LogP contribution in [-0.4, -0.2) is 22.3 Å². The lowest BCUT2D eigenvalue weighted by Gasteiger charge is -2.28. The highest BCUT2D eigenvalue weighted by Gasteiger charge is 2.21. The van der Waals surface area contributed by atoms with Crippen LogP contribution < -0.4 is 0 Å². The van der Waals surface area contributed by atoms with Crippen molar-refractivity contribution in [3.05, 3.63) is 64.9 Å². The highest BCUT2D eigenvalue weighted by atomic mass is 32.1. The zero-order valence-corrected chi connectivity index (χ0v) is 13.4. The molecule has 0 spiro atoms. The van der Waals surface area contributed by atoms with Gasteiger partial charge in [-0.05, 0) is 29.7 Å². The first-order valence-electron chi connectivity index (χ1n) is 7.62. The molecule has 116 valence electrons. The monoisotopic (exact) mass is 324 g/mol. The number of furan rings is 1. The lowest BCUT2D eigenvalue weighted by Crippen LogP contribution is -2.36. The lowest BCUT2D eigenvalue weighted by molar-refractivity contribution is -0.131. The molecule has 0 radical (unpaired) electrons. The molecule has 4 rings (SSSR count). The Morgan fingerprint density at radius 2 is 2.09 bits per heavy atom. The second kappa shape index (κ2) is 6.01. The maximum atomic E-state index is 12.5. The van der Waals surface area contributed by atoms with Gasteiger partial charge in [-0.1, -0.05) is 24.3 Å². The van der Waals surface area contributed by atoms with E-state index >= 15 is 0 Å². The molecular formula is C18H16N2O2S. The smallest absolute Gasteiger partial charge is 0.228 e. The molecule has 1 aromatic carbocycles. The van der Waals surface area contributed by atoms with E-state index in [-0.39, 0.29) is 5.91 Å². The predicted molar refractivity (Wildman–Crippen MR) is 89.1 cm³/mol.